The van der Waals surface area contributed by atoms with Crippen molar-refractivity contribution in [2.45, 2.75) is 26.7 Å². The number of rotatable bonds is 6. The molecule has 0 aliphatic rings. The smallest absolute Gasteiger partial charge is 0.129 e. The lowest BCUT2D eigenvalue weighted by atomic mass is 10.2. The minimum absolute atomic E-state index is 0.650. The maximum atomic E-state index is 5.01. The molecule has 0 saturated carbocycles. The van der Waals surface area contributed by atoms with Crippen molar-refractivity contribution < 1.29 is 4.84 Å². The molecule has 0 aromatic carbocycles. The van der Waals surface area contributed by atoms with E-state index < -0.39 is 0 Å². The minimum atomic E-state index is 0.650. The highest BCUT2D eigenvalue weighted by Gasteiger charge is 1.88. The van der Waals surface area contributed by atoms with Gasteiger partial charge in [0, 0.05) is 6.54 Å². The first-order valence-electron chi connectivity index (χ1n) is 4.11. The van der Waals surface area contributed by atoms with Crippen LogP contribution in [-0.2, 0) is 4.84 Å². The van der Waals surface area contributed by atoms with Crippen molar-refractivity contribution in [3.8, 4) is 0 Å². The van der Waals surface area contributed by atoms with Crippen molar-refractivity contribution >= 4 is 5.71 Å². The van der Waals surface area contributed by atoms with Gasteiger partial charge in [-0.25, -0.2) is 0 Å². The quantitative estimate of drug-likeness (QED) is 0.360. The van der Waals surface area contributed by atoms with Crippen LogP contribution in [0.2, 0.25) is 0 Å². The van der Waals surface area contributed by atoms with Gasteiger partial charge in [0.05, 0.1) is 5.71 Å². The van der Waals surface area contributed by atoms with Gasteiger partial charge in [-0.3, -0.25) is 0 Å². The number of hydrogen-bond acceptors (Lipinski definition) is 3. The molecule has 0 bridgehead atoms. The molecule has 0 aliphatic heterocycles. The number of nitrogens with one attached hydrogen (secondary N) is 1. The van der Waals surface area contributed by atoms with Crippen LogP contribution in [0.25, 0.3) is 0 Å². The Bertz CT molecular complexity index is 113. The van der Waals surface area contributed by atoms with Gasteiger partial charge in [0.25, 0.3) is 0 Å². The molecule has 3 heteroatoms. The minimum Gasteiger partial charge on any atom is -0.395 e. The molecule has 0 aromatic heterocycles. The van der Waals surface area contributed by atoms with Crippen LogP contribution in [0.5, 0.6) is 0 Å². The standard InChI is InChI=1S/C8H18N2O/c1-4-5-8(2)10-11-7-6-9-3/h9H,4-7H2,1-3H3/b10-8-. The Labute approximate surface area is 68.8 Å². The molecule has 11 heavy (non-hydrogen) atoms. The van der Waals surface area contributed by atoms with Gasteiger partial charge < -0.3 is 10.2 Å². The van der Waals surface area contributed by atoms with Crippen LogP contribution in [-0.4, -0.2) is 25.9 Å². The Kier molecular flexibility index (Phi) is 7.15. The molecule has 3 nitrogen and oxygen atoms in total. The van der Waals surface area contributed by atoms with Gasteiger partial charge in [-0.05, 0) is 20.4 Å². The van der Waals surface area contributed by atoms with E-state index in [-0.39, 0.29) is 0 Å². The van der Waals surface area contributed by atoms with Gasteiger partial charge in [-0.15, -0.1) is 0 Å². The Morgan fingerprint density at radius 2 is 2.27 bits per heavy atom. The second-order valence-corrected chi connectivity index (χ2v) is 2.51. The third-order valence-corrected chi connectivity index (χ3v) is 1.28. The molecule has 0 unspecified atom stereocenters. The van der Waals surface area contributed by atoms with Crippen LogP contribution in [0.4, 0.5) is 0 Å². The fourth-order valence-electron chi connectivity index (χ4n) is 0.711. The van der Waals surface area contributed by atoms with E-state index in [1.807, 2.05) is 14.0 Å². The molecule has 66 valence electrons. The van der Waals surface area contributed by atoms with E-state index in [4.69, 9.17) is 4.84 Å². The predicted molar refractivity (Wildman–Crippen MR) is 47.9 cm³/mol. The average molecular weight is 158 g/mol. The highest BCUT2D eigenvalue weighted by molar-refractivity contribution is 5.81. The third-order valence-electron chi connectivity index (χ3n) is 1.28. The molecule has 0 heterocycles. The molecule has 0 amide bonds. The maximum absolute atomic E-state index is 5.01. The number of likely N-dealkylation sites (N-methyl/N-ethyl adjacent to an activating group) is 1. The van der Waals surface area contributed by atoms with Crippen molar-refractivity contribution in [2.75, 3.05) is 20.2 Å². The Balaban J connectivity index is 3.24. The lowest BCUT2D eigenvalue weighted by molar-refractivity contribution is 0.146. The zero-order valence-corrected chi connectivity index (χ0v) is 7.68. The zero-order valence-electron chi connectivity index (χ0n) is 7.68. The van der Waals surface area contributed by atoms with Gasteiger partial charge >= 0.3 is 0 Å². The molecule has 0 aliphatic carbocycles. The summed E-state index contributed by atoms with van der Waals surface area (Å²) in [4.78, 5) is 5.01. The third kappa shape index (κ3) is 7.33. The van der Waals surface area contributed by atoms with E-state index in [1.165, 1.54) is 0 Å². The van der Waals surface area contributed by atoms with Gasteiger partial charge in [0.2, 0.25) is 0 Å². The predicted octanol–water partition coefficient (Wildman–Crippen LogP) is 1.40. The summed E-state index contributed by atoms with van der Waals surface area (Å²) < 4.78 is 0. The molecular formula is C8H18N2O. The highest BCUT2D eigenvalue weighted by Crippen LogP contribution is 1.91. The van der Waals surface area contributed by atoms with Crippen LogP contribution in [0.15, 0.2) is 5.16 Å². The lowest BCUT2D eigenvalue weighted by Gasteiger charge is -1.99. The fraction of sp³-hybridized carbons (Fsp3) is 0.875. The monoisotopic (exact) mass is 158 g/mol. The molecule has 0 atom stereocenters. The molecule has 0 fully saturated rings. The summed E-state index contributed by atoms with van der Waals surface area (Å²) in [6, 6.07) is 0. The summed E-state index contributed by atoms with van der Waals surface area (Å²) >= 11 is 0. The molecule has 0 spiro atoms. The van der Waals surface area contributed by atoms with Crippen LogP contribution < -0.4 is 5.32 Å². The first kappa shape index (κ1) is 10.4. The summed E-state index contributed by atoms with van der Waals surface area (Å²) in [6.45, 7) is 5.62. The van der Waals surface area contributed by atoms with Crippen molar-refractivity contribution in [1.82, 2.24) is 5.32 Å². The number of hydrogen-bond donors (Lipinski definition) is 1. The van der Waals surface area contributed by atoms with E-state index in [9.17, 15) is 0 Å². The normalized spacial score (nSPS) is 11.7. The van der Waals surface area contributed by atoms with Crippen LogP contribution in [0, 0.1) is 0 Å². The first-order valence-corrected chi connectivity index (χ1v) is 4.11. The molecule has 0 aromatic rings. The molecule has 0 rings (SSSR count). The zero-order chi connectivity index (χ0) is 8.53. The molecule has 0 saturated heterocycles. The van der Waals surface area contributed by atoms with Crippen molar-refractivity contribution in [1.29, 1.82) is 0 Å². The molecule has 0 radical (unpaired) electrons. The number of nitrogens with zero attached hydrogens (tertiary/aromatic N) is 1. The van der Waals surface area contributed by atoms with E-state index in [2.05, 4.69) is 17.4 Å². The summed E-state index contributed by atoms with van der Waals surface area (Å²) in [7, 11) is 1.89. The summed E-state index contributed by atoms with van der Waals surface area (Å²) in [5.74, 6) is 0. The summed E-state index contributed by atoms with van der Waals surface area (Å²) in [5.41, 5.74) is 1.07. The molecular weight excluding hydrogens is 140 g/mol. The maximum Gasteiger partial charge on any atom is 0.129 e. The second kappa shape index (κ2) is 7.54. The summed E-state index contributed by atoms with van der Waals surface area (Å²) in [5, 5.41) is 6.91. The van der Waals surface area contributed by atoms with Crippen molar-refractivity contribution in [2.24, 2.45) is 5.16 Å². The fourth-order valence-corrected chi connectivity index (χ4v) is 0.711. The number of oxime groups is 1. The van der Waals surface area contributed by atoms with E-state index in [1.54, 1.807) is 0 Å². The van der Waals surface area contributed by atoms with E-state index >= 15 is 0 Å². The SMILES string of the molecule is CCC/C(C)=N\OCCNC. The lowest BCUT2D eigenvalue weighted by Crippen LogP contribution is -2.12. The van der Waals surface area contributed by atoms with Gasteiger partial charge in [0.1, 0.15) is 6.61 Å². The van der Waals surface area contributed by atoms with Gasteiger partial charge in [0.15, 0.2) is 0 Å². The average Bonchev–Trinajstić information content (AvgIpc) is 1.99. The summed E-state index contributed by atoms with van der Waals surface area (Å²) in [6.07, 6.45) is 2.16. The second-order valence-electron chi connectivity index (χ2n) is 2.51. The van der Waals surface area contributed by atoms with Gasteiger partial charge in [-0.1, -0.05) is 18.5 Å². The van der Waals surface area contributed by atoms with Crippen LogP contribution >= 0.6 is 0 Å². The highest BCUT2D eigenvalue weighted by atomic mass is 16.6. The molecule has 1 N–H and O–H groups in total. The van der Waals surface area contributed by atoms with Crippen LogP contribution in [0.3, 0.4) is 0 Å². The topological polar surface area (TPSA) is 33.6 Å². The Morgan fingerprint density at radius 3 is 2.82 bits per heavy atom. The largest absolute Gasteiger partial charge is 0.395 e. The Morgan fingerprint density at radius 1 is 1.55 bits per heavy atom. The van der Waals surface area contributed by atoms with Crippen LogP contribution in [0.1, 0.15) is 26.7 Å². The first-order chi connectivity index (χ1) is 5.31. The van der Waals surface area contributed by atoms with E-state index in [0.29, 0.717) is 6.61 Å². The Hall–Kier alpha value is -0.570. The van der Waals surface area contributed by atoms with Crippen molar-refractivity contribution in [3.63, 3.8) is 0 Å². The van der Waals surface area contributed by atoms with E-state index in [0.717, 1.165) is 25.1 Å². The van der Waals surface area contributed by atoms with Gasteiger partial charge in [-0.2, -0.15) is 0 Å². The van der Waals surface area contributed by atoms with Crippen molar-refractivity contribution in [3.05, 3.63) is 0 Å².